The molecule has 0 bridgehead atoms. The van der Waals surface area contributed by atoms with Crippen molar-refractivity contribution >= 4 is 0 Å². The molecule has 83 valence electrons. The Morgan fingerprint density at radius 2 is 1.93 bits per heavy atom. The molecule has 1 aliphatic heterocycles. The van der Waals surface area contributed by atoms with E-state index in [1.165, 1.54) is 0 Å². The summed E-state index contributed by atoms with van der Waals surface area (Å²) in [5, 5.41) is 0. The third-order valence-electron chi connectivity index (χ3n) is 3.63. The number of hydrogen-bond acceptors (Lipinski definition) is 2. The van der Waals surface area contributed by atoms with Crippen LogP contribution in [0, 0.1) is 11.8 Å². The van der Waals surface area contributed by atoms with Gasteiger partial charge in [-0.25, -0.2) is 0 Å². The van der Waals surface area contributed by atoms with Gasteiger partial charge in [0.25, 0.3) is 0 Å². The SMILES string of the molecule is CC(N1CCOCC1)C1(C)[CH]C=CC=C1. The van der Waals surface area contributed by atoms with E-state index in [9.17, 15) is 0 Å². The molecule has 2 heteroatoms. The highest BCUT2D eigenvalue weighted by atomic mass is 16.5. The van der Waals surface area contributed by atoms with E-state index in [1.54, 1.807) is 0 Å². The van der Waals surface area contributed by atoms with Gasteiger partial charge in [0.2, 0.25) is 0 Å². The fraction of sp³-hybridized carbons (Fsp3) is 0.615. The van der Waals surface area contributed by atoms with Gasteiger partial charge in [-0.3, -0.25) is 4.90 Å². The maximum atomic E-state index is 5.39. The van der Waals surface area contributed by atoms with Gasteiger partial charge in [-0.2, -0.15) is 0 Å². The molecule has 15 heavy (non-hydrogen) atoms. The highest BCUT2D eigenvalue weighted by Gasteiger charge is 2.33. The van der Waals surface area contributed by atoms with Crippen molar-refractivity contribution < 1.29 is 4.74 Å². The smallest absolute Gasteiger partial charge is 0.0594 e. The van der Waals surface area contributed by atoms with Crippen LogP contribution in [-0.2, 0) is 4.74 Å². The molecule has 2 rings (SSSR count). The second-order valence-corrected chi connectivity index (χ2v) is 4.60. The van der Waals surface area contributed by atoms with Crippen LogP contribution in [0.5, 0.6) is 0 Å². The number of allylic oxidation sites excluding steroid dienone is 3. The number of nitrogens with zero attached hydrogens (tertiary/aromatic N) is 1. The summed E-state index contributed by atoms with van der Waals surface area (Å²) in [6.07, 6.45) is 11.0. The van der Waals surface area contributed by atoms with E-state index in [1.807, 2.05) is 0 Å². The summed E-state index contributed by atoms with van der Waals surface area (Å²) in [4.78, 5) is 2.52. The number of hydrogen-bond donors (Lipinski definition) is 0. The average molecular weight is 206 g/mol. The van der Waals surface area contributed by atoms with Gasteiger partial charge >= 0.3 is 0 Å². The van der Waals surface area contributed by atoms with E-state index in [0.29, 0.717) is 6.04 Å². The minimum atomic E-state index is 0.173. The standard InChI is InChI=1S/C13H20NO/c1-12(14-8-10-15-11-9-14)13(2)6-4-3-5-7-13/h3-7,12H,8-11H2,1-2H3. The van der Waals surface area contributed by atoms with E-state index in [-0.39, 0.29) is 5.41 Å². The summed E-state index contributed by atoms with van der Waals surface area (Å²) in [7, 11) is 0. The van der Waals surface area contributed by atoms with Crippen LogP contribution in [0.2, 0.25) is 0 Å². The molecule has 1 fully saturated rings. The Kier molecular flexibility index (Phi) is 3.27. The summed E-state index contributed by atoms with van der Waals surface area (Å²) < 4.78 is 5.39. The minimum absolute atomic E-state index is 0.173. The molecule has 0 N–H and O–H groups in total. The van der Waals surface area contributed by atoms with E-state index in [2.05, 4.69) is 49.5 Å². The Balaban J connectivity index is 2.02. The summed E-state index contributed by atoms with van der Waals surface area (Å²) >= 11 is 0. The predicted molar refractivity (Wildman–Crippen MR) is 62.5 cm³/mol. The van der Waals surface area contributed by atoms with Crippen LogP contribution in [0.4, 0.5) is 0 Å². The average Bonchev–Trinajstić information content (AvgIpc) is 2.30. The molecule has 1 radical (unpaired) electrons. The summed E-state index contributed by atoms with van der Waals surface area (Å²) in [6.45, 7) is 8.47. The number of rotatable bonds is 2. The lowest BCUT2D eigenvalue weighted by Crippen LogP contribution is -2.49. The first-order chi connectivity index (χ1) is 7.22. The van der Waals surface area contributed by atoms with Crippen molar-refractivity contribution in [2.24, 2.45) is 5.41 Å². The lowest BCUT2D eigenvalue weighted by Gasteiger charge is -2.42. The normalized spacial score (nSPS) is 34.3. The highest BCUT2D eigenvalue weighted by molar-refractivity contribution is 5.26. The third kappa shape index (κ3) is 2.32. The zero-order valence-electron chi connectivity index (χ0n) is 9.65. The second-order valence-electron chi connectivity index (χ2n) is 4.60. The van der Waals surface area contributed by atoms with E-state index >= 15 is 0 Å². The van der Waals surface area contributed by atoms with Gasteiger partial charge in [0.15, 0.2) is 0 Å². The Morgan fingerprint density at radius 3 is 2.53 bits per heavy atom. The lowest BCUT2D eigenvalue weighted by molar-refractivity contribution is 0.00311. The molecule has 0 aromatic heterocycles. The van der Waals surface area contributed by atoms with Crippen molar-refractivity contribution in [1.82, 2.24) is 4.90 Å². The molecule has 2 nitrogen and oxygen atoms in total. The fourth-order valence-electron chi connectivity index (χ4n) is 2.28. The summed E-state index contributed by atoms with van der Waals surface area (Å²) in [5.74, 6) is 0. The molecule has 0 aromatic rings. The van der Waals surface area contributed by atoms with Crippen molar-refractivity contribution in [3.63, 3.8) is 0 Å². The topological polar surface area (TPSA) is 12.5 Å². The fourth-order valence-corrected chi connectivity index (χ4v) is 2.28. The lowest BCUT2D eigenvalue weighted by atomic mass is 9.77. The van der Waals surface area contributed by atoms with Crippen molar-refractivity contribution in [2.75, 3.05) is 26.3 Å². The first-order valence-electron chi connectivity index (χ1n) is 5.74. The first kappa shape index (κ1) is 10.9. The highest BCUT2D eigenvalue weighted by Crippen LogP contribution is 2.33. The molecule has 0 spiro atoms. The first-order valence-corrected chi connectivity index (χ1v) is 5.74. The molecule has 2 atom stereocenters. The second kappa shape index (κ2) is 4.50. The van der Waals surface area contributed by atoms with Crippen molar-refractivity contribution in [3.05, 3.63) is 30.7 Å². The predicted octanol–water partition coefficient (Wildman–Crippen LogP) is 2.04. The zero-order chi connectivity index (χ0) is 10.7. The van der Waals surface area contributed by atoms with Crippen molar-refractivity contribution in [1.29, 1.82) is 0 Å². The molecule has 1 heterocycles. The van der Waals surface area contributed by atoms with Crippen LogP contribution in [0.3, 0.4) is 0 Å². The molecule has 0 saturated carbocycles. The van der Waals surface area contributed by atoms with E-state index in [4.69, 9.17) is 4.74 Å². The molecular formula is C13H20NO. The monoisotopic (exact) mass is 206 g/mol. The molecule has 0 aromatic carbocycles. The largest absolute Gasteiger partial charge is 0.379 e. The molecule has 2 unspecified atom stereocenters. The van der Waals surface area contributed by atoms with Crippen LogP contribution < -0.4 is 0 Å². The van der Waals surface area contributed by atoms with Gasteiger partial charge < -0.3 is 4.74 Å². The molecular weight excluding hydrogens is 186 g/mol. The van der Waals surface area contributed by atoms with Gasteiger partial charge in [-0.15, -0.1) is 0 Å². The quantitative estimate of drug-likeness (QED) is 0.685. The summed E-state index contributed by atoms with van der Waals surface area (Å²) in [6, 6.07) is 0.544. The maximum Gasteiger partial charge on any atom is 0.0594 e. The van der Waals surface area contributed by atoms with Gasteiger partial charge in [-0.1, -0.05) is 31.2 Å². The van der Waals surface area contributed by atoms with Gasteiger partial charge in [0.05, 0.1) is 13.2 Å². The molecule has 1 saturated heterocycles. The van der Waals surface area contributed by atoms with Gasteiger partial charge in [0.1, 0.15) is 0 Å². The molecule has 1 aliphatic carbocycles. The van der Waals surface area contributed by atoms with Crippen LogP contribution >= 0.6 is 0 Å². The Labute approximate surface area is 92.6 Å². The Hall–Kier alpha value is -0.600. The number of ether oxygens (including phenoxy) is 1. The Bertz CT molecular complexity index is 266. The maximum absolute atomic E-state index is 5.39. The molecule has 2 aliphatic rings. The van der Waals surface area contributed by atoms with Crippen molar-refractivity contribution in [3.8, 4) is 0 Å². The number of morpholine rings is 1. The van der Waals surface area contributed by atoms with E-state index < -0.39 is 0 Å². The molecule has 0 amide bonds. The third-order valence-corrected chi connectivity index (χ3v) is 3.63. The van der Waals surface area contributed by atoms with Crippen LogP contribution in [0.25, 0.3) is 0 Å². The van der Waals surface area contributed by atoms with Gasteiger partial charge in [-0.05, 0) is 13.3 Å². The van der Waals surface area contributed by atoms with E-state index in [0.717, 1.165) is 26.3 Å². The summed E-state index contributed by atoms with van der Waals surface area (Å²) in [5.41, 5.74) is 0.173. The van der Waals surface area contributed by atoms with Crippen LogP contribution in [0.1, 0.15) is 13.8 Å². The van der Waals surface area contributed by atoms with Crippen LogP contribution in [0.15, 0.2) is 24.3 Å². The van der Waals surface area contributed by atoms with Crippen molar-refractivity contribution in [2.45, 2.75) is 19.9 Å². The zero-order valence-corrected chi connectivity index (χ0v) is 9.65. The van der Waals surface area contributed by atoms with Crippen LogP contribution in [-0.4, -0.2) is 37.2 Å². The minimum Gasteiger partial charge on any atom is -0.379 e. The van der Waals surface area contributed by atoms with Gasteiger partial charge in [0, 0.05) is 24.5 Å². The Morgan fingerprint density at radius 1 is 1.20 bits per heavy atom.